The molecular formula is C36H59N3O8. The van der Waals surface area contributed by atoms with Crippen LogP contribution in [0, 0.1) is 11.8 Å². The van der Waals surface area contributed by atoms with E-state index in [1.165, 1.54) is 0 Å². The van der Waals surface area contributed by atoms with Crippen LogP contribution in [-0.2, 0) is 44.6 Å². The predicted molar refractivity (Wildman–Crippen MR) is 182 cm³/mol. The minimum Gasteiger partial charge on any atom is -0.460 e. The summed E-state index contributed by atoms with van der Waals surface area (Å²) in [6.45, 7) is 12.0. The summed E-state index contributed by atoms with van der Waals surface area (Å²) in [6.07, 6.45) is 3.42. The van der Waals surface area contributed by atoms with Gasteiger partial charge in [0, 0.05) is 51.4 Å². The smallest absolute Gasteiger partial charge is 0.306 e. The van der Waals surface area contributed by atoms with Crippen LogP contribution in [0.5, 0.6) is 0 Å². The Balaban J connectivity index is 2.35. The number of esters is 1. The lowest BCUT2D eigenvalue weighted by molar-refractivity contribution is -0.155. The lowest BCUT2D eigenvalue weighted by Crippen LogP contribution is -2.45. The van der Waals surface area contributed by atoms with Gasteiger partial charge in [0.15, 0.2) is 5.78 Å². The first-order valence-electron chi connectivity index (χ1n) is 17.0. The summed E-state index contributed by atoms with van der Waals surface area (Å²) in [5.74, 6) is -1.49. The standard InChI is InChI=1S/C36H59N3O8/c1-27(2)23-31(39-35(44)29(25-30(40)26-37-6)24-28-13-8-7-9-14-28)32(41)16-17-33(42)38-18-12-20-46-22-21-45-19-11-10-15-34(43)47-36(3,4)5/h7-9,13-14,27,29,31,37H,10-12,15-26H2,1-6H3,(H,38,42)(H,39,44). The number of ether oxygens (including phenoxy) is 3. The highest BCUT2D eigenvalue weighted by molar-refractivity contribution is 5.93. The molecule has 0 aliphatic carbocycles. The molecule has 2 unspecified atom stereocenters. The van der Waals surface area contributed by atoms with Crippen LogP contribution in [0.25, 0.3) is 0 Å². The van der Waals surface area contributed by atoms with E-state index in [2.05, 4.69) is 16.0 Å². The van der Waals surface area contributed by atoms with Crippen molar-refractivity contribution in [3.63, 3.8) is 0 Å². The van der Waals surface area contributed by atoms with Crippen LogP contribution < -0.4 is 16.0 Å². The first-order chi connectivity index (χ1) is 22.3. The SMILES string of the molecule is CNCC(=O)CC(Cc1ccccc1)C(=O)NC(CC(C)C)C(=O)CCC(=O)NCCCOCCOCCCCC(=O)OC(C)(C)C. The van der Waals surface area contributed by atoms with Crippen LogP contribution in [0.15, 0.2) is 30.3 Å². The van der Waals surface area contributed by atoms with Crippen LogP contribution in [0.4, 0.5) is 0 Å². The van der Waals surface area contributed by atoms with Gasteiger partial charge in [-0.05, 0) is 71.4 Å². The molecule has 1 aromatic carbocycles. The van der Waals surface area contributed by atoms with Crippen LogP contribution in [0.1, 0.15) is 91.5 Å². The first-order valence-corrected chi connectivity index (χ1v) is 17.0. The van der Waals surface area contributed by atoms with Crippen molar-refractivity contribution < 1.29 is 38.2 Å². The Morgan fingerprint density at radius 3 is 2.11 bits per heavy atom. The molecule has 11 heteroatoms. The van der Waals surface area contributed by atoms with Crippen molar-refractivity contribution >= 4 is 29.4 Å². The number of Topliss-reactive ketones (excluding diaryl/α,β-unsaturated/α-hetero) is 2. The fourth-order valence-corrected chi connectivity index (χ4v) is 4.82. The molecule has 3 N–H and O–H groups in total. The van der Waals surface area contributed by atoms with Gasteiger partial charge >= 0.3 is 5.97 Å². The van der Waals surface area contributed by atoms with Gasteiger partial charge in [0.2, 0.25) is 11.8 Å². The van der Waals surface area contributed by atoms with Crippen molar-refractivity contribution in [2.24, 2.45) is 11.8 Å². The Hall–Kier alpha value is -3.15. The summed E-state index contributed by atoms with van der Waals surface area (Å²) in [5, 5.41) is 8.55. The van der Waals surface area contributed by atoms with E-state index in [0.29, 0.717) is 65.1 Å². The lowest BCUT2D eigenvalue weighted by atomic mass is 9.91. The molecule has 2 amide bonds. The van der Waals surface area contributed by atoms with Crippen LogP contribution in [-0.4, -0.2) is 87.6 Å². The number of carbonyl (C=O) groups excluding carboxylic acids is 5. The van der Waals surface area contributed by atoms with Gasteiger partial charge in [-0.15, -0.1) is 0 Å². The number of amides is 2. The Morgan fingerprint density at radius 1 is 0.830 bits per heavy atom. The zero-order valence-corrected chi connectivity index (χ0v) is 29.5. The number of hydrogen-bond acceptors (Lipinski definition) is 9. The first kappa shape index (κ1) is 41.9. The molecule has 1 aromatic rings. The molecule has 0 fully saturated rings. The Kier molecular flexibility index (Phi) is 21.4. The molecule has 0 bridgehead atoms. The molecular weight excluding hydrogens is 602 g/mol. The lowest BCUT2D eigenvalue weighted by Gasteiger charge is -2.23. The quantitative estimate of drug-likeness (QED) is 0.0991. The number of likely N-dealkylation sites (N-methyl/N-ethyl adjacent to an activating group) is 1. The zero-order valence-electron chi connectivity index (χ0n) is 29.5. The maximum Gasteiger partial charge on any atom is 0.306 e. The molecule has 1 rings (SSSR count). The fourth-order valence-electron chi connectivity index (χ4n) is 4.82. The summed E-state index contributed by atoms with van der Waals surface area (Å²) in [6, 6.07) is 8.78. The van der Waals surface area contributed by atoms with Crippen molar-refractivity contribution in [3.05, 3.63) is 35.9 Å². The number of unbranched alkanes of at least 4 members (excludes halogenated alkanes) is 1. The summed E-state index contributed by atoms with van der Waals surface area (Å²) >= 11 is 0. The second-order valence-corrected chi connectivity index (χ2v) is 13.3. The Bertz CT molecular complexity index is 1070. The summed E-state index contributed by atoms with van der Waals surface area (Å²) in [7, 11) is 1.69. The fraction of sp³-hybridized carbons (Fsp3) is 0.694. The molecule has 0 aromatic heterocycles. The van der Waals surface area contributed by atoms with Crippen molar-refractivity contribution in [3.8, 4) is 0 Å². The number of benzene rings is 1. The van der Waals surface area contributed by atoms with Gasteiger partial charge in [-0.2, -0.15) is 0 Å². The van der Waals surface area contributed by atoms with Gasteiger partial charge < -0.3 is 30.2 Å². The van der Waals surface area contributed by atoms with Crippen molar-refractivity contribution in [1.82, 2.24) is 16.0 Å². The molecule has 0 saturated carbocycles. The highest BCUT2D eigenvalue weighted by Gasteiger charge is 2.28. The van der Waals surface area contributed by atoms with E-state index in [0.717, 1.165) is 12.0 Å². The Labute approximate surface area is 281 Å². The molecule has 0 aliphatic rings. The molecule has 0 aliphatic heterocycles. The molecule has 2 atom stereocenters. The van der Waals surface area contributed by atoms with E-state index in [9.17, 15) is 24.0 Å². The highest BCUT2D eigenvalue weighted by atomic mass is 16.6. The number of nitrogens with one attached hydrogen (secondary N) is 3. The summed E-state index contributed by atoms with van der Waals surface area (Å²) in [4.78, 5) is 63.0. The normalized spacial score (nSPS) is 12.7. The van der Waals surface area contributed by atoms with Crippen LogP contribution in [0.2, 0.25) is 0 Å². The topological polar surface area (TPSA) is 149 Å². The second-order valence-electron chi connectivity index (χ2n) is 13.3. The molecule has 11 nitrogen and oxygen atoms in total. The summed E-state index contributed by atoms with van der Waals surface area (Å²) in [5.41, 5.74) is 0.477. The maximum absolute atomic E-state index is 13.4. The van der Waals surface area contributed by atoms with Crippen LogP contribution in [0.3, 0.4) is 0 Å². The third-order valence-corrected chi connectivity index (χ3v) is 7.05. The third kappa shape index (κ3) is 22.1. The summed E-state index contributed by atoms with van der Waals surface area (Å²) < 4.78 is 16.3. The Morgan fingerprint density at radius 2 is 1.49 bits per heavy atom. The van der Waals surface area contributed by atoms with Gasteiger partial charge in [-0.3, -0.25) is 24.0 Å². The van der Waals surface area contributed by atoms with Gasteiger partial charge in [0.05, 0.1) is 25.8 Å². The van der Waals surface area contributed by atoms with E-state index in [1.807, 2.05) is 65.0 Å². The minimum atomic E-state index is -0.728. The number of carbonyl (C=O) groups is 5. The molecule has 0 spiro atoms. The average Bonchev–Trinajstić information content (AvgIpc) is 2.99. The van der Waals surface area contributed by atoms with Crippen molar-refractivity contribution in [2.75, 3.05) is 46.6 Å². The third-order valence-electron chi connectivity index (χ3n) is 7.05. The van der Waals surface area contributed by atoms with Gasteiger partial charge in [0.25, 0.3) is 0 Å². The van der Waals surface area contributed by atoms with Crippen molar-refractivity contribution in [1.29, 1.82) is 0 Å². The second kappa shape index (κ2) is 24.1. The van der Waals surface area contributed by atoms with E-state index in [4.69, 9.17) is 14.2 Å². The van der Waals surface area contributed by atoms with Gasteiger partial charge in [-0.1, -0.05) is 44.2 Å². The molecule has 47 heavy (non-hydrogen) atoms. The number of rotatable bonds is 26. The highest BCUT2D eigenvalue weighted by Crippen LogP contribution is 2.16. The van der Waals surface area contributed by atoms with E-state index < -0.39 is 17.6 Å². The molecule has 0 heterocycles. The van der Waals surface area contributed by atoms with E-state index in [-0.39, 0.29) is 61.1 Å². The van der Waals surface area contributed by atoms with Gasteiger partial charge in [-0.25, -0.2) is 0 Å². The van der Waals surface area contributed by atoms with Gasteiger partial charge in [0.1, 0.15) is 11.4 Å². The molecule has 266 valence electrons. The largest absolute Gasteiger partial charge is 0.460 e. The van der Waals surface area contributed by atoms with Crippen LogP contribution >= 0.6 is 0 Å². The average molecular weight is 662 g/mol. The van der Waals surface area contributed by atoms with E-state index >= 15 is 0 Å². The zero-order chi connectivity index (χ0) is 35.1. The maximum atomic E-state index is 13.4. The van der Waals surface area contributed by atoms with E-state index in [1.54, 1.807) is 7.05 Å². The molecule has 0 radical (unpaired) electrons. The minimum absolute atomic E-state index is 0.0111. The number of ketones is 2. The monoisotopic (exact) mass is 661 g/mol. The predicted octanol–water partition coefficient (Wildman–Crippen LogP) is 3.96. The number of hydrogen-bond donors (Lipinski definition) is 3. The molecule has 0 saturated heterocycles. The van der Waals surface area contributed by atoms with Crippen molar-refractivity contribution in [2.45, 2.75) is 104 Å².